The van der Waals surface area contributed by atoms with E-state index in [0.29, 0.717) is 26.3 Å². The highest BCUT2D eigenvalue weighted by molar-refractivity contribution is 14.1. The Labute approximate surface area is 292 Å². The van der Waals surface area contributed by atoms with Crippen LogP contribution < -0.4 is 24.6 Å². The lowest BCUT2D eigenvalue weighted by molar-refractivity contribution is -0.122. The molecule has 0 unspecified atom stereocenters. The smallest absolute Gasteiger partial charge is 0.335 e. The van der Waals surface area contributed by atoms with Crippen LogP contribution in [0.25, 0.3) is 6.08 Å². The molecule has 4 amide bonds. The van der Waals surface area contributed by atoms with Crippen molar-refractivity contribution < 1.29 is 23.9 Å². The van der Waals surface area contributed by atoms with E-state index in [0.717, 1.165) is 42.0 Å². The maximum atomic E-state index is 14.2. The molecule has 48 heavy (non-hydrogen) atoms. The van der Waals surface area contributed by atoms with E-state index in [1.165, 1.54) is 30.0 Å². The molecule has 0 spiro atoms. The van der Waals surface area contributed by atoms with Gasteiger partial charge in [-0.3, -0.25) is 14.9 Å². The van der Waals surface area contributed by atoms with Gasteiger partial charge in [-0.05, 0) is 93.6 Å². The highest BCUT2D eigenvalue weighted by Gasteiger charge is 2.40. The molecule has 1 N–H and O–H groups in total. The number of nitrogens with one attached hydrogen (secondary N) is 1. The molecule has 4 aromatic rings. The van der Waals surface area contributed by atoms with Gasteiger partial charge < -0.3 is 14.4 Å². The van der Waals surface area contributed by atoms with Gasteiger partial charge in [0.25, 0.3) is 11.8 Å². The zero-order valence-electron chi connectivity index (χ0n) is 26.2. The minimum atomic E-state index is -0.782. The molecule has 0 saturated carbocycles. The average molecular weight is 750 g/mol. The van der Waals surface area contributed by atoms with Crippen molar-refractivity contribution in [3.8, 4) is 23.8 Å². The van der Waals surface area contributed by atoms with E-state index < -0.39 is 17.8 Å². The molecule has 240 valence electrons. The highest BCUT2D eigenvalue weighted by Crippen LogP contribution is 2.50. The first-order valence-electron chi connectivity index (χ1n) is 15.8. The summed E-state index contributed by atoms with van der Waals surface area (Å²) >= 11 is 2.09. The lowest BCUT2D eigenvalue weighted by Crippen LogP contribution is -2.54. The van der Waals surface area contributed by atoms with Crippen LogP contribution in [0.1, 0.15) is 52.5 Å². The number of imide groups is 2. The summed E-state index contributed by atoms with van der Waals surface area (Å²) in [5.41, 5.74) is 6.47. The number of hydrogen-bond donors (Lipinski definition) is 1. The third kappa shape index (κ3) is 5.70. The Balaban J connectivity index is 1.35. The Morgan fingerprint density at radius 1 is 0.917 bits per heavy atom. The minimum Gasteiger partial charge on any atom is -0.493 e. The van der Waals surface area contributed by atoms with Crippen molar-refractivity contribution in [3.05, 3.63) is 122 Å². The van der Waals surface area contributed by atoms with E-state index in [4.69, 9.17) is 15.9 Å². The van der Waals surface area contributed by atoms with Crippen molar-refractivity contribution in [2.24, 2.45) is 0 Å². The van der Waals surface area contributed by atoms with Crippen LogP contribution >= 0.6 is 22.6 Å². The van der Waals surface area contributed by atoms with Crippen LogP contribution in [0.5, 0.6) is 11.5 Å². The van der Waals surface area contributed by atoms with Crippen molar-refractivity contribution in [1.82, 2.24) is 5.32 Å². The lowest BCUT2D eigenvalue weighted by atomic mass is 9.76. The van der Waals surface area contributed by atoms with Gasteiger partial charge in [0.2, 0.25) is 0 Å². The number of carbonyl (C=O) groups is 3. The van der Waals surface area contributed by atoms with Gasteiger partial charge in [-0.25, -0.2) is 9.69 Å². The molecule has 3 aliphatic heterocycles. The Hall–Kier alpha value is -5.08. The van der Waals surface area contributed by atoms with Gasteiger partial charge in [-0.1, -0.05) is 66.6 Å². The van der Waals surface area contributed by atoms with Gasteiger partial charge in [-0.2, -0.15) is 0 Å². The standard InChI is InChI=1S/C39H32IN3O5/c1-3-18-48-36-33(40)20-24(21-34(36)47-2)19-32-37(44)41-39(46)43(38(32)45)27-22-30-28(25-10-6-4-7-11-25)14-16-42-17-15-29(31(23-27)35(30)42)26-12-8-5-9-13-26/h1,4-13,19-23,28-29H,14-18H2,2H3,(H,41,44,46)/b32-19+/t28-,29+. The first-order valence-corrected chi connectivity index (χ1v) is 16.8. The van der Waals surface area contributed by atoms with Crippen LogP contribution in [0, 0.1) is 15.9 Å². The van der Waals surface area contributed by atoms with E-state index in [1.807, 2.05) is 48.5 Å². The summed E-state index contributed by atoms with van der Waals surface area (Å²) in [5, 5.41) is 2.41. The van der Waals surface area contributed by atoms with Crippen molar-refractivity contribution in [2.75, 3.05) is 36.6 Å². The van der Waals surface area contributed by atoms with Gasteiger partial charge in [0.15, 0.2) is 11.5 Å². The van der Waals surface area contributed by atoms with Gasteiger partial charge >= 0.3 is 6.03 Å². The summed E-state index contributed by atoms with van der Waals surface area (Å²) in [6, 6.07) is 27.3. The normalized spacial score (nSPS) is 19.4. The summed E-state index contributed by atoms with van der Waals surface area (Å²) < 4.78 is 11.9. The van der Waals surface area contributed by atoms with Crippen molar-refractivity contribution in [2.45, 2.75) is 24.7 Å². The molecule has 3 heterocycles. The Kier molecular flexibility index (Phi) is 8.67. The van der Waals surface area contributed by atoms with Crippen LogP contribution in [-0.4, -0.2) is 44.7 Å². The molecular weight excluding hydrogens is 717 g/mol. The average Bonchev–Trinajstić information content (AvgIpc) is 3.10. The van der Waals surface area contributed by atoms with Crippen LogP contribution in [0.15, 0.2) is 90.5 Å². The fourth-order valence-electron chi connectivity index (χ4n) is 7.10. The molecule has 8 nitrogen and oxygen atoms in total. The number of ether oxygens (including phenoxy) is 2. The summed E-state index contributed by atoms with van der Waals surface area (Å²) in [4.78, 5) is 44.5. The number of amides is 4. The van der Waals surface area contributed by atoms with E-state index in [-0.39, 0.29) is 24.0 Å². The van der Waals surface area contributed by atoms with Crippen molar-refractivity contribution in [1.29, 1.82) is 0 Å². The van der Waals surface area contributed by atoms with Crippen LogP contribution in [0.4, 0.5) is 16.2 Å². The zero-order valence-corrected chi connectivity index (χ0v) is 28.4. The third-order valence-corrected chi connectivity index (χ3v) is 10.0. The molecule has 3 aliphatic rings. The number of methoxy groups -OCH3 is 1. The second-order valence-electron chi connectivity index (χ2n) is 11.9. The minimum absolute atomic E-state index is 0.0571. The Morgan fingerprint density at radius 2 is 1.52 bits per heavy atom. The Morgan fingerprint density at radius 3 is 2.08 bits per heavy atom. The topological polar surface area (TPSA) is 88.2 Å². The monoisotopic (exact) mass is 749 g/mol. The quantitative estimate of drug-likeness (QED) is 0.0963. The third-order valence-electron chi connectivity index (χ3n) is 9.22. The van der Waals surface area contributed by atoms with Crippen LogP contribution in [-0.2, 0) is 9.59 Å². The number of carbonyl (C=O) groups excluding carboxylic acids is 3. The largest absolute Gasteiger partial charge is 0.493 e. The van der Waals surface area contributed by atoms with Gasteiger partial charge in [0.05, 0.1) is 16.4 Å². The van der Waals surface area contributed by atoms with E-state index >= 15 is 0 Å². The number of nitrogens with zero attached hydrogens (tertiary/aromatic N) is 2. The number of halogens is 1. The lowest BCUT2D eigenvalue weighted by Gasteiger charge is -2.44. The summed E-state index contributed by atoms with van der Waals surface area (Å²) in [6.07, 6.45) is 8.65. The fourth-order valence-corrected chi connectivity index (χ4v) is 7.89. The maximum absolute atomic E-state index is 14.2. The Bertz CT molecular complexity index is 1930. The molecule has 2 atom stereocenters. The summed E-state index contributed by atoms with van der Waals surface area (Å²) in [5.74, 6) is 1.99. The SMILES string of the molecule is C#CCOc1c(I)cc(/C=C2\C(=O)NC(=O)N(c3cc4c5c(c3)[C@H](c3ccccc3)CCN5CC[C@@H]4c3ccccc3)C2=O)cc1OC. The summed E-state index contributed by atoms with van der Waals surface area (Å²) in [7, 11) is 1.50. The molecule has 0 aliphatic carbocycles. The summed E-state index contributed by atoms with van der Waals surface area (Å²) in [6.45, 7) is 1.89. The molecule has 0 bridgehead atoms. The number of terminal acetylenes is 1. The fraction of sp³-hybridized carbons (Fsp3) is 0.205. The predicted octanol–water partition coefficient (Wildman–Crippen LogP) is 6.86. The molecular formula is C39H32IN3O5. The molecule has 0 radical (unpaired) electrons. The number of benzene rings is 4. The first kappa shape index (κ1) is 31.5. The predicted molar refractivity (Wildman–Crippen MR) is 193 cm³/mol. The van der Waals surface area contributed by atoms with Crippen molar-refractivity contribution in [3.63, 3.8) is 0 Å². The molecule has 0 aromatic heterocycles. The molecule has 9 heteroatoms. The second kappa shape index (κ2) is 13.2. The van der Waals surface area contributed by atoms with E-state index in [2.05, 4.69) is 63.0 Å². The number of hydrogen-bond acceptors (Lipinski definition) is 6. The van der Waals surface area contributed by atoms with Crippen molar-refractivity contribution >= 4 is 57.9 Å². The maximum Gasteiger partial charge on any atom is 0.335 e. The molecule has 1 fully saturated rings. The molecule has 7 rings (SSSR count). The number of barbiturate groups is 1. The van der Waals surface area contributed by atoms with E-state index in [1.54, 1.807) is 12.1 Å². The number of anilines is 2. The highest BCUT2D eigenvalue weighted by atomic mass is 127. The van der Waals surface area contributed by atoms with E-state index in [9.17, 15) is 14.4 Å². The van der Waals surface area contributed by atoms with Crippen LogP contribution in [0.2, 0.25) is 0 Å². The van der Waals surface area contributed by atoms with Crippen LogP contribution in [0.3, 0.4) is 0 Å². The van der Waals surface area contributed by atoms with Gasteiger partial charge in [0.1, 0.15) is 12.2 Å². The number of rotatable bonds is 7. The zero-order chi connectivity index (χ0) is 33.4. The second-order valence-corrected chi connectivity index (χ2v) is 13.1. The molecule has 4 aromatic carbocycles. The first-order chi connectivity index (χ1) is 23.4. The molecule has 1 saturated heterocycles. The number of urea groups is 1. The van der Waals surface area contributed by atoms with Gasteiger partial charge in [-0.15, -0.1) is 6.42 Å². The van der Waals surface area contributed by atoms with Gasteiger partial charge in [0, 0.05) is 30.6 Å².